The highest BCUT2D eigenvalue weighted by atomic mass is 16.5. The summed E-state index contributed by atoms with van der Waals surface area (Å²) in [5.74, 6) is 1.83. The third kappa shape index (κ3) is 6.65. The molecule has 3 saturated heterocycles. The van der Waals surface area contributed by atoms with Crippen molar-refractivity contribution in [3.63, 3.8) is 0 Å². The molecule has 2 aromatic rings. The summed E-state index contributed by atoms with van der Waals surface area (Å²) < 4.78 is 18.2. The normalized spacial score (nSPS) is 27.5. The average Bonchev–Trinajstić information content (AvgIpc) is 2.90. The molecule has 4 atom stereocenters. The largest absolute Gasteiger partial charge is 0.457 e. The van der Waals surface area contributed by atoms with Crippen LogP contribution in [-0.2, 0) is 20.8 Å². The minimum atomic E-state index is -0.537. The highest BCUT2D eigenvalue weighted by Gasteiger charge is 2.38. The number of hydrogen-bond acceptors (Lipinski definition) is 6. The number of β-amino-alcohol motifs (C(OH)–C–C–N with tert-alkyl or cyclic N) is 1. The molecule has 194 valence electrons. The minimum Gasteiger partial charge on any atom is -0.457 e. The number of aliphatic hydroxyl groups is 1. The lowest BCUT2D eigenvalue weighted by atomic mass is 9.94. The van der Waals surface area contributed by atoms with Crippen LogP contribution >= 0.6 is 0 Å². The SMILES string of the molecule is O=C(C[C@H]1CC[C@@H]2[C@H](COC[C@@H](O)CN2Cc2ccc(Oc3ccccc3)cc2)O1)N1CCCCC1. The molecule has 3 heterocycles. The van der Waals surface area contributed by atoms with E-state index in [2.05, 4.69) is 17.0 Å². The minimum absolute atomic E-state index is 0.0649. The number of piperidine rings is 1. The first-order chi connectivity index (χ1) is 17.6. The summed E-state index contributed by atoms with van der Waals surface area (Å²) in [5, 5.41) is 10.5. The van der Waals surface area contributed by atoms with Gasteiger partial charge in [-0.2, -0.15) is 0 Å². The van der Waals surface area contributed by atoms with Gasteiger partial charge in [0.1, 0.15) is 11.5 Å². The first-order valence-electron chi connectivity index (χ1n) is 13.4. The van der Waals surface area contributed by atoms with Crippen LogP contribution in [0.3, 0.4) is 0 Å². The second kappa shape index (κ2) is 12.2. The summed E-state index contributed by atoms with van der Waals surface area (Å²) in [5.41, 5.74) is 1.16. The molecule has 5 rings (SSSR count). The van der Waals surface area contributed by atoms with E-state index in [1.54, 1.807) is 0 Å². The van der Waals surface area contributed by atoms with Crippen LogP contribution in [0.5, 0.6) is 11.5 Å². The van der Waals surface area contributed by atoms with Gasteiger partial charge in [-0.3, -0.25) is 9.69 Å². The fourth-order valence-electron chi connectivity index (χ4n) is 5.62. The zero-order valence-electron chi connectivity index (χ0n) is 21.0. The molecule has 3 fully saturated rings. The Bertz CT molecular complexity index is 963. The van der Waals surface area contributed by atoms with Gasteiger partial charge in [-0.15, -0.1) is 0 Å². The number of benzene rings is 2. The van der Waals surface area contributed by atoms with E-state index in [0.717, 1.165) is 55.8 Å². The molecule has 2 aromatic carbocycles. The quantitative estimate of drug-likeness (QED) is 0.655. The molecule has 0 bridgehead atoms. The number of carbonyl (C=O) groups excluding carboxylic acids is 1. The Labute approximate surface area is 213 Å². The highest BCUT2D eigenvalue weighted by molar-refractivity contribution is 5.76. The van der Waals surface area contributed by atoms with Gasteiger partial charge < -0.3 is 24.2 Å². The van der Waals surface area contributed by atoms with Crippen molar-refractivity contribution >= 4 is 5.91 Å². The molecule has 7 nitrogen and oxygen atoms in total. The fourth-order valence-corrected chi connectivity index (χ4v) is 5.62. The van der Waals surface area contributed by atoms with Crippen LogP contribution in [0.2, 0.25) is 0 Å². The van der Waals surface area contributed by atoms with Crippen LogP contribution in [0.4, 0.5) is 0 Å². The summed E-state index contributed by atoms with van der Waals surface area (Å²) in [4.78, 5) is 17.1. The fraction of sp³-hybridized carbons (Fsp3) is 0.552. The second-order valence-corrected chi connectivity index (χ2v) is 10.3. The smallest absolute Gasteiger partial charge is 0.225 e. The third-order valence-electron chi connectivity index (χ3n) is 7.49. The van der Waals surface area contributed by atoms with Crippen molar-refractivity contribution in [1.29, 1.82) is 0 Å². The molecule has 0 unspecified atom stereocenters. The Kier molecular flexibility index (Phi) is 8.54. The van der Waals surface area contributed by atoms with Gasteiger partial charge >= 0.3 is 0 Å². The van der Waals surface area contributed by atoms with Gasteiger partial charge in [-0.1, -0.05) is 30.3 Å². The predicted molar refractivity (Wildman–Crippen MR) is 137 cm³/mol. The van der Waals surface area contributed by atoms with E-state index in [1.807, 2.05) is 47.4 Å². The lowest BCUT2D eigenvalue weighted by Crippen LogP contribution is -2.55. The highest BCUT2D eigenvalue weighted by Crippen LogP contribution is 2.30. The monoisotopic (exact) mass is 494 g/mol. The van der Waals surface area contributed by atoms with Crippen molar-refractivity contribution in [1.82, 2.24) is 9.80 Å². The summed E-state index contributed by atoms with van der Waals surface area (Å²) in [6.07, 6.45) is 4.94. The number of hydrogen-bond donors (Lipinski definition) is 1. The zero-order valence-corrected chi connectivity index (χ0v) is 21.0. The number of para-hydroxylation sites is 1. The molecule has 0 saturated carbocycles. The topological polar surface area (TPSA) is 71.5 Å². The van der Waals surface area contributed by atoms with Gasteiger partial charge in [0, 0.05) is 32.2 Å². The summed E-state index contributed by atoms with van der Waals surface area (Å²) in [7, 11) is 0. The van der Waals surface area contributed by atoms with Crippen molar-refractivity contribution in [2.24, 2.45) is 0 Å². The number of likely N-dealkylation sites (tertiary alicyclic amines) is 1. The van der Waals surface area contributed by atoms with Gasteiger partial charge in [-0.05, 0) is 61.9 Å². The maximum atomic E-state index is 12.8. The van der Waals surface area contributed by atoms with Crippen molar-refractivity contribution < 1.29 is 24.1 Å². The first kappa shape index (κ1) is 25.2. The second-order valence-electron chi connectivity index (χ2n) is 10.3. The molecule has 0 aromatic heterocycles. The van der Waals surface area contributed by atoms with Crippen LogP contribution in [0.25, 0.3) is 0 Å². The van der Waals surface area contributed by atoms with Gasteiger partial charge in [0.15, 0.2) is 0 Å². The molecular formula is C29H38N2O5. The molecular weight excluding hydrogens is 456 g/mol. The van der Waals surface area contributed by atoms with Crippen LogP contribution in [0.1, 0.15) is 44.1 Å². The van der Waals surface area contributed by atoms with Crippen LogP contribution < -0.4 is 4.74 Å². The van der Waals surface area contributed by atoms with E-state index < -0.39 is 6.10 Å². The van der Waals surface area contributed by atoms with Crippen LogP contribution in [0.15, 0.2) is 54.6 Å². The molecule has 7 heteroatoms. The predicted octanol–water partition coefficient (Wildman–Crippen LogP) is 3.99. The lowest BCUT2D eigenvalue weighted by Gasteiger charge is -2.44. The zero-order chi connectivity index (χ0) is 24.7. The standard InChI is InChI=1S/C29H38N2O5/c32-23-19-31(18-22-9-11-25(12-10-22)35-24-7-3-1-4-8-24)27-14-13-26(36-28(27)21-34-20-23)17-29(33)30-15-5-2-6-16-30/h1,3-4,7-12,23,26-28,32H,2,5-6,13-21H2/t23-,26+,27+,28-/m0/s1. The Morgan fingerprint density at radius 3 is 2.47 bits per heavy atom. The number of amides is 1. The van der Waals surface area contributed by atoms with Crippen molar-refractivity contribution in [3.8, 4) is 11.5 Å². The average molecular weight is 495 g/mol. The Morgan fingerprint density at radius 1 is 0.944 bits per heavy atom. The number of ether oxygens (including phenoxy) is 3. The van der Waals surface area contributed by atoms with E-state index >= 15 is 0 Å². The molecule has 1 N–H and O–H groups in total. The van der Waals surface area contributed by atoms with E-state index in [0.29, 0.717) is 32.7 Å². The third-order valence-corrected chi connectivity index (χ3v) is 7.49. The van der Waals surface area contributed by atoms with Gasteiger partial charge in [-0.25, -0.2) is 0 Å². The van der Waals surface area contributed by atoms with Crippen molar-refractivity contribution in [3.05, 3.63) is 60.2 Å². The van der Waals surface area contributed by atoms with Crippen LogP contribution in [-0.4, -0.2) is 78.0 Å². The van der Waals surface area contributed by atoms with Crippen molar-refractivity contribution in [2.75, 3.05) is 32.8 Å². The van der Waals surface area contributed by atoms with Gasteiger partial charge in [0.2, 0.25) is 5.91 Å². The maximum Gasteiger partial charge on any atom is 0.225 e. The number of nitrogens with zero attached hydrogens (tertiary/aromatic N) is 2. The number of aliphatic hydroxyl groups excluding tert-OH is 1. The maximum absolute atomic E-state index is 12.8. The molecule has 1 amide bonds. The van der Waals surface area contributed by atoms with Gasteiger partial charge in [0.05, 0.1) is 37.9 Å². The van der Waals surface area contributed by atoms with E-state index in [4.69, 9.17) is 14.2 Å². The lowest BCUT2D eigenvalue weighted by molar-refractivity contribution is -0.161. The Balaban J connectivity index is 1.21. The van der Waals surface area contributed by atoms with Gasteiger partial charge in [0.25, 0.3) is 0 Å². The number of carbonyl (C=O) groups is 1. The summed E-state index contributed by atoms with van der Waals surface area (Å²) in [6, 6.07) is 18.0. The van der Waals surface area contributed by atoms with E-state index in [1.165, 1.54) is 6.42 Å². The Morgan fingerprint density at radius 2 is 1.69 bits per heavy atom. The summed E-state index contributed by atoms with van der Waals surface area (Å²) in [6.45, 7) is 3.73. The van der Waals surface area contributed by atoms with E-state index in [-0.39, 0.29) is 24.2 Å². The molecule has 3 aliphatic heterocycles. The molecule has 0 spiro atoms. The molecule has 0 aliphatic carbocycles. The number of fused-ring (bicyclic) bond motifs is 1. The first-order valence-corrected chi connectivity index (χ1v) is 13.4. The molecule has 0 radical (unpaired) electrons. The summed E-state index contributed by atoms with van der Waals surface area (Å²) >= 11 is 0. The van der Waals surface area contributed by atoms with Crippen molar-refractivity contribution in [2.45, 2.75) is 69.4 Å². The van der Waals surface area contributed by atoms with E-state index in [9.17, 15) is 9.90 Å². The van der Waals surface area contributed by atoms with Crippen LogP contribution in [0, 0.1) is 0 Å². The molecule has 36 heavy (non-hydrogen) atoms. The molecule has 3 aliphatic rings. The number of rotatable bonds is 6. The Hall–Kier alpha value is -2.45.